The highest BCUT2D eigenvalue weighted by Gasteiger charge is 2.10. The van der Waals surface area contributed by atoms with Crippen molar-refractivity contribution in [3.8, 4) is 0 Å². The standard InChI is InChI=1S/C9H11NO2.C7H8O3S/c10-6-9(11)12-7-8-4-2-1-3-5-8;1-6-4-2-3-5-7(6)11(8,9)10/h1-5H,6-7,10H2;2-5H,1H3,(H,8,9,10). The molecular formula is C16H19NO5S. The fraction of sp³-hybridized carbons (Fsp3) is 0.188. The molecule has 0 saturated heterocycles. The van der Waals surface area contributed by atoms with Crippen LogP contribution in [0, 0.1) is 6.92 Å². The van der Waals surface area contributed by atoms with Crippen LogP contribution >= 0.6 is 0 Å². The number of ether oxygens (including phenoxy) is 1. The first-order chi connectivity index (χ1) is 10.8. The van der Waals surface area contributed by atoms with E-state index in [-0.39, 0.29) is 17.4 Å². The van der Waals surface area contributed by atoms with Crippen molar-refractivity contribution in [3.05, 3.63) is 65.7 Å². The van der Waals surface area contributed by atoms with E-state index in [2.05, 4.69) is 0 Å². The summed E-state index contributed by atoms with van der Waals surface area (Å²) in [6.45, 7) is 1.87. The van der Waals surface area contributed by atoms with Gasteiger partial charge in [-0.05, 0) is 24.1 Å². The van der Waals surface area contributed by atoms with Crippen LogP contribution in [0.5, 0.6) is 0 Å². The van der Waals surface area contributed by atoms with Gasteiger partial charge in [-0.2, -0.15) is 8.42 Å². The fourth-order valence-electron chi connectivity index (χ4n) is 1.64. The first kappa shape index (κ1) is 18.8. The normalized spacial score (nSPS) is 10.4. The van der Waals surface area contributed by atoms with Crippen LogP contribution in [0.4, 0.5) is 0 Å². The number of hydrogen-bond donors (Lipinski definition) is 2. The smallest absolute Gasteiger partial charge is 0.320 e. The summed E-state index contributed by atoms with van der Waals surface area (Å²) in [5, 5.41) is 0. The summed E-state index contributed by atoms with van der Waals surface area (Å²) >= 11 is 0. The molecule has 0 aliphatic rings. The highest BCUT2D eigenvalue weighted by Crippen LogP contribution is 2.12. The predicted molar refractivity (Wildman–Crippen MR) is 86.3 cm³/mol. The molecule has 0 amide bonds. The van der Waals surface area contributed by atoms with E-state index < -0.39 is 10.1 Å². The molecule has 0 atom stereocenters. The van der Waals surface area contributed by atoms with E-state index in [1.165, 1.54) is 6.07 Å². The SMILES string of the molecule is Cc1ccccc1S(=O)(=O)O.NCC(=O)OCc1ccccc1. The van der Waals surface area contributed by atoms with Crippen molar-refractivity contribution in [3.63, 3.8) is 0 Å². The van der Waals surface area contributed by atoms with Crippen molar-refractivity contribution in [1.29, 1.82) is 0 Å². The maximum Gasteiger partial charge on any atom is 0.320 e. The Bertz CT molecular complexity index is 729. The predicted octanol–water partition coefficient (Wildman–Crippen LogP) is 1.93. The molecule has 0 fully saturated rings. The first-order valence-electron chi connectivity index (χ1n) is 6.77. The second-order valence-electron chi connectivity index (χ2n) is 4.59. The van der Waals surface area contributed by atoms with Gasteiger partial charge in [-0.3, -0.25) is 9.35 Å². The number of carbonyl (C=O) groups excluding carboxylic acids is 1. The second-order valence-corrected chi connectivity index (χ2v) is 5.98. The quantitative estimate of drug-likeness (QED) is 0.652. The van der Waals surface area contributed by atoms with E-state index in [1.807, 2.05) is 30.3 Å². The van der Waals surface area contributed by atoms with Gasteiger partial charge < -0.3 is 10.5 Å². The molecule has 2 aromatic rings. The zero-order valence-electron chi connectivity index (χ0n) is 12.7. The Hall–Kier alpha value is -2.22. The minimum atomic E-state index is -4.03. The molecule has 2 rings (SSSR count). The molecule has 124 valence electrons. The average molecular weight is 337 g/mol. The summed E-state index contributed by atoms with van der Waals surface area (Å²) in [7, 11) is -4.03. The summed E-state index contributed by atoms with van der Waals surface area (Å²) in [5.74, 6) is -0.376. The molecule has 0 radical (unpaired) electrons. The Morgan fingerprint density at radius 1 is 1.09 bits per heavy atom. The van der Waals surface area contributed by atoms with Crippen LogP contribution in [0.2, 0.25) is 0 Å². The van der Waals surface area contributed by atoms with Gasteiger partial charge >= 0.3 is 5.97 Å². The van der Waals surface area contributed by atoms with Crippen molar-refractivity contribution in [2.24, 2.45) is 5.73 Å². The Morgan fingerprint density at radius 3 is 2.13 bits per heavy atom. The molecule has 2 aromatic carbocycles. The number of rotatable bonds is 4. The van der Waals surface area contributed by atoms with Crippen LogP contribution in [-0.4, -0.2) is 25.5 Å². The summed E-state index contributed by atoms with van der Waals surface area (Å²) in [5.41, 5.74) is 6.58. The molecule has 23 heavy (non-hydrogen) atoms. The van der Waals surface area contributed by atoms with Gasteiger partial charge in [-0.25, -0.2) is 0 Å². The van der Waals surface area contributed by atoms with Crippen LogP contribution < -0.4 is 5.73 Å². The van der Waals surface area contributed by atoms with Gasteiger partial charge in [0.2, 0.25) is 0 Å². The van der Waals surface area contributed by atoms with E-state index in [4.69, 9.17) is 15.0 Å². The van der Waals surface area contributed by atoms with Crippen LogP contribution in [0.1, 0.15) is 11.1 Å². The van der Waals surface area contributed by atoms with Crippen molar-refractivity contribution < 1.29 is 22.5 Å². The van der Waals surface area contributed by atoms with Gasteiger partial charge in [0.15, 0.2) is 0 Å². The molecular weight excluding hydrogens is 318 g/mol. The molecule has 0 saturated carbocycles. The molecule has 0 heterocycles. The highest BCUT2D eigenvalue weighted by atomic mass is 32.2. The number of benzene rings is 2. The van der Waals surface area contributed by atoms with Crippen molar-refractivity contribution in [2.75, 3.05) is 6.54 Å². The maximum atomic E-state index is 10.6. The van der Waals surface area contributed by atoms with Crippen LogP contribution in [-0.2, 0) is 26.3 Å². The van der Waals surface area contributed by atoms with Gasteiger partial charge in [0.25, 0.3) is 10.1 Å². The topological polar surface area (TPSA) is 107 Å². The number of nitrogens with two attached hydrogens (primary N) is 1. The average Bonchev–Trinajstić information content (AvgIpc) is 2.53. The Balaban J connectivity index is 0.000000231. The van der Waals surface area contributed by atoms with E-state index in [0.717, 1.165) is 5.56 Å². The highest BCUT2D eigenvalue weighted by molar-refractivity contribution is 7.85. The molecule has 3 N–H and O–H groups in total. The van der Waals surface area contributed by atoms with Crippen LogP contribution in [0.25, 0.3) is 0 Å². The lowest BCUT2D eigenvalue weighted by Gasteiger charge is -2.01. The van der Waals surface area contributed by atoms with Crippen molar-refractivity contribution >= 4 is 16.1 Å². The molecule has 0 aliphatic carbocycles. The van der Waals surface area contributed by atoms with E-state index in [0.29, 0.717) is 12.2 Å². The minimum absolute atomic E-state index is 0.0278. The third-order valence-electron chi connectivity index (χ3n) is 2.78. The lowest BCUT2D eigenvalue weighted by Crippen LogP contribution is -2.16. The third kappa shape index (κ3) is 7.05. The largest absolute Gasteiger partial charge is 0.460 e. The molecule has 0 bridgehead atoms. The molecule has 6 nitrogen and oxygen atoms in total. The first-order valence-corrected chi connectivity index (χ1v) is 8.21. The minimum Gasteiger partial charge on any atom is -0.460 e. The third-order valence-corrected chi connectivity index (χ3v) is 3.79. The Kier molecular flexibility index (Phi) is 7.40. The van der Waals surface area contributed by atoms with Crippen LogP contribution in [0.3, 0.4) is 0 Å². The Labute approximate surface area is 135 Å². The van der Waals surface area contributed by atoms with Gasteiger partial charge in [0.1, 0.15) is 6.61 Å². The van der Waals surface area contributed by atoms with Crippen molar-refractivity contribution in [2.45, 2.75) is 18.4 Å². The zero-order valence-corrected chi connectivity index (χ0v) is 13.5. The van der Waals surface area contributed by atoms with Gasteiger partial charge in [-0.1, -0.05) is 48.5 Å². The Morgan fingerprint density at radius 2 is 1.65 bits per heavy atom. The molecule has 0 spiro atoms. The molecule has 0 aliphatic heterocycles. The van der Waals surface area contributed by atoms with E-state index in [9.17, 15) is 13.2 Å². The summed E-state index contributed by atoms with van der Waals surface area (Å²) in [4.78, 5) is 10.6. The van der Waals surface area contributed by atoms with Gasteiger partial charge in [-0.15, -0.1) is 0 Å². The monoisotopic (exact) mass is 337 g/mol. The second kappa shape index (κ2) is 9.04. The van der Waals surface area contributed by atoms with Gasteiger partial charge in [0.05, 0.1) is 11.4 Å². The number of aryl methyl sites for hydroxylation is 1. The van der Waals surface area contributed by atoms with Crippen molar-refractivity contribution in [1.82, 2.24) is 0 Å². The molecule has 7 heteroatoms. The number of esters is 1. The van der Waals surface area contributed by atoms with E-state index in [1.54, 1.807) is 25.1 Å². The number of hydrogen-bond acceptors (Lipinski definition) is 5. The summed E-state index contributed by atoms with van der Waals surface area (Å²) in [6.07, 6.45) is 0. The lowest BCUT2D eigenvalue weighted by atomic mass is 10.2. The molecule has 0 aromatic heterocycles. The summed E-state index contributed by atoms with van der Waals surface area (Å²) < 4.78 is 34.7. The summed E-state index contributed by atoms with van der Waals surface area (Å²) in [6, 6.07) is 15.8. The number of carbonyl (C=O) groups is 1. The lowest BCUT2D eigenvalue weighted by molar-refractivity contribution is -0.143. The van der Waals surface area contributed by atoms with E-state index >= 15 is 0 Å². The zero-order chi connectivity index (χ0) is 17.3. The van der Waals surface area contributed by atoms with Gasteiger partial charge in [0, 0.05) is 0 Å². The maximum absolute atomic E-state index is 10.6. The molecule has 0 unspecified atom stereocenters. The van der Waals surface area contributed by atoms with Crippen LogP contribution in [0.15, 0.2) is 59.5 Å². The fourth-order valence-corrected chi connectivity index (χ4v) is 2.37.